The number of nitrogens with zero attached hydrogens (tertiary/aromatic N) is 1. The molecule has 0 atom stereocenters. The first-order valence-corrected chi connectivity index (χ1v) is 8.19. The number of carbonyl (C=O) groups excluding carboxylic acids is 1. The Labute approximate surface area is 147 Å². The number of benzene rings is 2. The molecule has 0 aliphatic heterocycles. The van der Waals surface area contributed by atoms with E-state index in [4.69, 9.17) is 16.3 Å². The van der Waals surface area contributed by atoms with Crippen LogP contribution in [0.2, 0.25) is 5.02 Å². The average Bonchev–Trinajstić information content (AvgIpc) is 2.59. The quantitative estimate of drug-likeness (QED) is 0.628. The van der Waals surface area contributed by atoms with E-state index in [2.05, 4.69) is 10.5 Å². The zero-order valence-electron chi connectivity index (χ0n) is 14.1. The van der Waals surface area contributed by atoms with Gasteiger partial charge in [0.2, 0.25) is 0 Å². The summed E-state index contributed by atoms with van der Waals surface area (Å²) < 4.78 is 5.52. The summed E-state index contributed by atoms with van der Waals surface area (Å²) in [6, 6.07) is 13.4. The Morgan fingerprint density at radius 2 is 1.79 bits per heavy atom. The molecule has 0 spiro atoms. The number of carbonyl (C=O) groups is 1. The zero-order chi connectivity index (χ0) is 17.5. The smallest absolute Gasteiger partial charge is 0.277 e. The van der Waals surface area contributed by atoms with E-state index in [1.165, 1.54) is 0 Å². The third kappa shape index (κ3) is 4.83. The number of aryl methyl sites for hydroxylation is 2. The Kier molecular flexibility index (Phi) is 6.38. The zero-order valence-corrected chi connectivity index (χ0v) is 14.9. The van der Waals surface area contributed by atoms with Crippen molar-refractivity contribution >= 4 is 23.2 Å². The van der Waals surface area contributed by atoms with Crippen molar-refractivity contribution in [1.82, 2.24) is 5.43 Å². The number of halogens is 1. The maximum atomic E-state index is 11.9. The highest BCUT2D eigenvalue weighted by Crippen LogP contribution is 2.25. The van der Waals surface area contributed by atoms with Crippen LogP contribution in [0.1, 0.15) is 30.0 Å². The predicted molar refractivity (Wildman–Crippen MR) is 97.8 cm³/mol. The lowest BCUT2D eigenvalue weighted by Crippen LogP contribution is -2.26. The van der Waals surface area contributed by atoms with Crippen LogP contribution in [0, 0.1) is 13.8 Å². The van der Waals surface area contributed by atoms with Crippen molar-refractivity contribution in [1.29, 1.82) is 0 Å². The second-order valence-corrected chi connectivity index (χ2v) is 5.85. The van der Waals surface area contributed by atoms with Gasteiger partial charge >= 0.3 is 0 Å². The number of amides is 1. The van der Waals surface area contributed by atoms with E-state index in [1.54, 1.807) is 0 Å². The number of hydrogen-bond donors (Lipinski definition) is 1. The van der Waals surface area contributed by atoms with Crippen LogP contribution in [-0.4, -0.2) is 18.2 Å². The van der Waals surface area contributed by atoms with Gasteiger partial charge in [0.15, 0.2) is 6.61 Å². The van der Waals surface area contributed by atoms with Crippen LogP contribution in [0.15, 0.2) is 47.6 Å². The number of hydrogen-bond acceptors (Lipinski definition) is 3. The lowest BCUT2D eigenvalue weighted by atomic mass is 10.1. The Bertz CT molecular complexity index is 719. The highest BCUT2D eigenvalue weighted by molar-refractivity contribution is 6.32. The van der Waals surface area contributed by atoms with Gasteiger partial charge in [0.1, 0.15) is 5.75 Å². The summed E-state index contributed by atoms with van der Waals surface area (Å²) in [5, 5.41) is 4.90. The van der Waals surface area contributed by atoms with Crippen LogP contribution in [0.3, 0.4) is 0 Å². The molecule has 0 aromatic heterocycles. The molecule has 126 valence electrons. The third-order valence-corrected chi connectivity index (χ3v) is 4.13. The first kappa shape index (κ1) is 18.0. The number of nitrogens with one attached hydrogen (secondary N) is 1. The molecule has 2 aromatic rings. The van der Waals surface area contributed by atoms with Gasteiger partial charge in [0, 0.05) is 5.02 Å². The molecular weight excluding hydrogens is 324 g/mol. The van der Waals surface area contributed by atoms with Crippen LogP contribution >= 0.6 is 11.6 Å². The molecule has 24 heavy (non-hydrogen) atoms. The molecule has 1 N–H and O–H groups in total. The van der Waals surface area contributed by atoms with E-state index < -0.39 is 0 Å². The Balaban J connectivity index is 1.95. The molecule has 0 aliphatic carbocycles. The summed E-state index contributed by atoms with van der Waals surface area (Å²) in [7, 11) is 0. The molecule has 2 rings (SSSR count). The van der Waals surface area contributed by atoms with Gasteiger partial charge in [0.05, 0.1) is 5.71 Å². The molecule has 0 heterocycles. The van der Waals surface area contributed by atoms with Gasteiger partial charge < -0.3 is 4.74 Å². The first-order valence-electron chi connectivity index (χ1n) is 7.81. The molecule has 0 unspecified atom stereocenters. The van der Waals surface area contributed by atoms with Crippen molar-refractivity contribution in [3.05, 3.63) is 64.2 Å². The van der Waals surface area contributed by atoms with Crippen LogP contribution in [0.4, 0.5) is 0 Å². The fraction of sp³-hybridized carbons (Fsp3) is 0.263. The van der Waals surface area contributed by atoms with E-state index in [0.29, 0.717) is 10.8 Å². The van der Waals surface area contributed by atoms with Gasteiger partial charge in [-0.05, 0) is 49.1 Å². The van der Waals surface area contributed by atoms with Crippen LogP contribution in [-0.2, 0) is 4.79 Å². The average molecular weight is 345 g/mol. The first-order chi connectivity index (χ1) is 11.5. The van der Waals surface area contributed by atoms with Gasteiger partial charge in [-0.2, -0.15) is 5.10 Å². The molecule has 2 aromatic carbocycles. The molecule has 0 saturated carbocycles. The summed E-state index contributed by atoms with van der Waals surface area (Å²) in [6.07, 6.45) is 0.723. The maximum Gasteiger partial charge on any atom is 0.277 e. The third-order valence-electron chi connectivity index (χ3n) is 3.54. The van der Waals surface area contributed by atoms with E-state index in [1.807, 2.05) is 63.2 Å². The monoisotopic (exact) mass is 344 g/mol. The Morgan fingerprint density at radius 1 is 1.17 bits per heavy atom. The molecule has 0 bridgehead atoms. The van der Waals surface area contributed by atoms with Gasteiger partial charge in [-0.25, -0.2) is 5.43 Å². The molecule has 0 aliphatic rings. The van der Waals surface area contributed by atoms with Crippen LogP contribution < -0.4 is 10.2 Å². The van der Waals surface area contributed by atoms with E-state index in [0.717, 1.165) is 28.8 Å². The van der Waals surface area contributed by atoms with Crippen molar-refractivity contribution in [3.63, 3.8) is 0 Å². The normalized spacial score (nSPS) is 11.2. The number of hydrazone groups is 1. The molecular formula is C19H21ClN2O2. The van der Waals surface area contributed by atoms with Gasteiger partial charge in [-0.3, -0.25) is 4.79 Å². The topological polar surface area (TPSA) is 50.7 Å². The second-order valence-electron chi connectivity index (χ2n) is 5.47. The maximum absolute atomic E-state index is 11.9. The molecule has 5 heteroatoms. The molecule has 0 saturated heterocycles. The largest absolute Gasteiger partial charge is 0.484 e. The molecule has 4 nitrogen and oxygen atoms in total. The van der Waals surface area contributed by atoms with Crippen LogP contribution in [0.25, 0.3) is 0 Å². The SMILES string of the molecule is CC/C(=N\NC(=O)COc1cc(C)c(Cl)c(C)c1)c1ccccc1. The fourth-order valence-electron chi connectivity index (χ4n) is 2.28. The molecule has 0 fully saturated rings. The summed E-state index contributed by atoms with van der Waals surface area (Å²) in [5.41, 5.74) is 6.19. The highest BCUT2D eigenvalue weighted by atomic mass is 35.5. The van der Waals surface area contributed by atoms with Gasteiger partial charge in [-0.1, -0.05) is 48.9 Å². The van der Waals surface area contributed by atoms with Gasteiger partial charge in [0.25, 0.3) is 5.91 Å². The summed E-state index contributed by atoms with van der Waals surface area (Å²) in [6.45, 7) is 5.70. The number of rotatable bonds is 6. The van der Waals surface area contributed by atoms with Crippen molar-refractivity contribution in [2.45, 2.75) is 27.2 Å². The fourth-order valence-corrected chi connectivity index (χ4v) is 2.39. The van der Waals surface area contributed by atoms with Crippen molar-refractivity contribution < 1.29 is 9.53 Å². The van der Waals surface area contributed by atoms with Crippen molar-refractivity contribution in [3.8, 4) is 5.75 Å². The Morgan fingerprint density at radius 3 is 2.38 bits per heavy atom. The van der Waals surface area contributed by atoms with Crippen molar-refractivity contribution in [2.75, 3.05) is 6.61 Å². The molecule has 1 amide bonds. The van der Waals surface area contributed by atoms with E-state index in [-0.39, 0.29) is 12.5 Å². The van der Waals surface area contributed by atoms with Crippen molar-refractivity contribution in [2.24, 2.45) is 5.10 Å². The minimum Gasteiger partial charge on any atom is -0.484 e. The lowest BCUT2D eigenvalue weighted by molar-refractivity contribution is -0.123. The summed E-state index contributed by atoms with van der Waals surface area (Å²) >= 11 is 6.12. The Hall–Kier alpha value is -2.33. The number of ether oxygens (including phenoxy) is 1. The summed E-state index contributed by atoms with van der Waals surface area (Å²) in [5.74, 6) is 0.314. The lowest BCUT2D eigenvalue weighted by Gasteiger charge is -2.10. The van der Waals surface area contributed by atoms with E-state index in [9.17, 15) is 4.79 Å². The van der Waals surface area contributed by atoms with Gasteiger partial charge in [-0.15, -0.1) is 0 Å². The summed E-state index contributed by atoms with van der Waals surface area (Å²) in [4.78, 5) is 11.9. The minimum atomic E-state index is -0.304. The predicted octanol–water partition coefficient (Wildman–Crippen LogP) is 4.27. The second kappa shape index (κ2) is 8.50. The highest BCUT2D eigenvalue weighted by Gasteiger charge is 2.07. The minimum absolute atomic E-state index is 0.101. The van der Waals surface area contributed by atoms with E-state index >= 15 is 0 Å². The molecule has 0 radical (unpaired) electrons. The van der Waals surface area contributed by atoms with Crippen LogP contribution in [0.5, 0.6) is 5.75 Å². The standard InChI is InChI=1S/C19H21ClN2O2/c1-4-17(15-8-6-5-7-9-15)21-22-18(23)12-24-16-10-13(2)19(20)14(3)11-16/h5-11H,4,12H2,1-3H3,(H,22,23)/b21-17+.